The van der Waals surface area contributed by atoms with Gasteiger partial charge in [0.1, 0.15) is 0 Å². The number of halogens is 1. The lowest BCUT2D eigenvalue weighted by Crippen LogP contribution is -2.51. The van der Waals surface area contributed by atoms with Crippen LogP contribution in [0.5, 0.6) is 0 Å². The van der Waals surface area contributed by atoms with E-state index in [9.17, 15) is 9.90 Å². The largest absolute Gasteiger partial charge is 0.481 e. The van der Waals surface area contributed by atoms with E-state index in [0.717, 1.165) is 29.1 Å². The topological polar surface area (TPSA) is 52.6 Å². The molecule has 2 unspecified atom stereocenters. The summed E-state index contributed by atoms with van der Waals surface area (Å²) >= 11 is 6.22. The molecule has 0 radical (unpaired) electrons. The Morgan fingerprint density at radius 2 is 2.00 bits per heavy atom. The van der Waals surface area contributed by atoms with Gasteiger partial charge < -0.3 is 10.4 Å². The van der Waals surface area contributed by atoms with Crippen LogP contribution in [0.25, 0.3) is 0 Å². The number of hydrogen-bond acceptors (Lipinski definition) is 3. The highest BCUT2D eigenvalue weighted by Crippen LogP contribution is 2.33. The third-order valence-corrected chi connectivity index (χ3v) is 6.21. The van der Waals surface area contributed by atoms with Crippen LogP contribution in [0.15, 0.2) is 54.6 Å². The van der Waals surface area contributed by atoms with Crippen LogP contribution < -0.4 is 5.32 Å². The third-order valence-electron chi connectivity index (χ3n) is 5.79. The average Bonchev–Trinajstić information content (AvgIpc) is 2.69. The van der Waals surface area contributed by atoms with Gasteiger partial charge in [-0.3, -0.25) is 9.69 Å². The maximum Gasteiger partial charge on any atom is 0.309 e. The molecule has 1 fully saturated rings. The molecular formula is C25H31ClN2O2. The number of carboxylic acid groups (broad SMARTS) is 1. The summed E-state index contributed by atoms with van der Waals surface area (Å²) < 4.78 is 0. The Bertz CT molecular complexity index is 906. The van der Waals surface area contributed by atoms with Crippen molar-refractivity contribution in [3.8, 4) is 0 Å². The smallest absolute Gasteiger partial charge is 0.309 e. The Morgan fingerprint density at radius 3 is 2.63 bits per heavy atom. The molecule has 1 saturated heterocycles. The lowest BCUT2D eigenvalue weighted by molar-refractivity contribution is -0.148. The van der Waals surface area contributed by atoms with E-state index in [0.29, 0.717) is 13.1 Å². The number of benzene rings is 2. The molecule has 2 N–H and O–H groups in total. The predicted octanol–water partition coefficient (Wildman–Crippen LogP) is 6.24. The number of carboxylic acids is 1. The van der Waals surface area contributed by atoms with Gasteiger partial charge in [0, 0.05) is 29.8 Å². The first kappa shape index (κ1) is 22.4. The summed E-state index contributed by atoms with van der Waals surface area (Å²) in [4.78, 5) is 13.4. The first-order chi connectivity index (χ1) is 14.4. The molecule has 0 aliphatic carbocycles. The summed E-state index contributed by atoms with van der Waals surface area (Å²) in [5.41, 5.74) is 4.51. The molecule has 0 saturated carbocycles. The summed E-state index contributed by atoms with van der Waals surface area (Å²) in [5.74, 6) is -0.933. The number of carbonyl (C=O) groups is 1. The SMILES string of the molecule is CCC=CC(Nc1cccc(C(CC)N2CC(C(=O)O)C2)c1)c1ccc(Cl)c(C)c1. The monoisotopic (exact) mass is 426 g/mol. The zero-order valence-corrected chi connectivity index (χ0v) is 18.7. The van der Waals surface area contributed by atoms with E-state index >= 15 is 0 Å². The summed E-state index contributed by atoms with van der Waals surface area (Å²) in [7, 11) is 0. The van der Waals surface area contributed by atoms with Gasteiger partial charge in [0.05, 0.1) is 12.0 Å². The van der Waals surface area contributed by atoms with E-state index in [2.05, 4.69) is 72.6 Å². The Morgan fingerprint density at radius 1 is 1.23 bits per heavy atom. The van der Waals surface area contributed by atoms with Crippen molar-refractivity contribution < 1.29 is 9.90 Å². The first-order valence-electron chi connectivity index (χ1n) is 10.7. The number of nitrogens with one attached hydrogen (secondary N) is 1. The second-order valence-corrected chi connectivity index (χ2v) is 8.41. The van der Waals surface area contributed by atoms with Crippen LogP contribution in [-0.4, -0.2) is 29.1 Å². The fraction of sp³-hybridized carbons (Fsp3) is 0.400. The van der Waals surface area contributed by atoms with E-state index in [4.69, 9.17) is 11.6 Å². The maximum atomic E-state index is 11.2. The molecule has 160 valence electrons. The van der Waals surface area contributed by atoms with Gasteiger partial charge in [0.15, 0.2) is 0 Å². The van der Waals surface area contributed by atoms with Crippen molar-refractivity contribution >= 4 is 23.3 Å². The second-order valence-electron chi connectivity index (χ2n) is 8.01. The summed E-state index contributed by atoms with van der Waals surface area (Å²) in [6.45, 7) is 7.55. The summed E-state index contributed by atoms with van der Waals surface area (Å²) in [6, 6.07) is 14.9. The van der Waals surface area contributed by atoms with Gasteiger partial charge in [-0.1, -0.05) is 61.9 Å². The normalized spacial score (nSPS) is 16.9. The summed E-state index contributed by atoms with van der Waals surface area (Å²) in [6.07, 6.45) is 6.29. The van der Waals surface area contributed by atoms with Crippen molar-refractivity contribution in [2.24, 2.45) is 5.92 Å². The second kappa shape index (κ2) is 10.1. The molecule has 0 spiro atoms. The molecular weight excluding hydrogens is 396 g/mol. The Labute approximate surface area is 184 Å². The highest BCUT2D eigenvalue weighted by molar-refractivity contribution is 6.31. The molecule has 1 heterocycles. The Hall–Kier alpha value is -2.30. The maximum absolute atomic E-state index is 11.2. The molecule has 0 aromatic heterocycles. The van der Waals surface area contributed by atoms with Gasteiger partial charge in [0.25, 0.3) is 0 Å². The molecule has 2 aromatic rings. The molecule has 3 rings (SSSR count). The van der Waals surface area contributed by atoms with Gasteiger partial charge in [-0.25, -0.2) is 0 Å². The van der Waals surface area contributed by atoms with Crippen LogP contribution in [0.4, 0.5) is 5.69 Å². The highest BCUT2D eigenvalue weighted by atomic mass is 35.5. The molecule has 2 aromatic carbocycles. The minimum Gasteiger partial charge on any atom is -0.481 e. The minimum atomic E-state index is -0.694. The van der Waals surface area contributed by atoms with Crippen molar-refractivity contribution in [2.45, 2.75) is 45.7 Å². The van der Waals surface area contributed by atoms with Crippen LogP contribution in [0.1, 0.15) is 55.5 Å². The van der Waals surface area contributed by atoms with Gasteiger partial charge in [0.2, 0.25) is 0 Å². The van der Waals surface area contributed by atoms with Gasteiger partial charge in [-0.15, -0.1) is 0 Å². The fourth-order valence-electron chi connectivity index (χ4n) is 4.02. The third kappa shape index (κ3) is 5.24. The minimum absolute atomic E-state index is 0.0524. The quantitative estimate of drug-likeness (QED) is 0.466. The highest BCUT2D eigenvalue weighted by Gasteiger charge is 2.36. The fourth-order valence-corrected chi connectivity index (χ4v) is 4.14. The van der Waals surface area contributed by atoms with E-state index in [1.165, 1.54) is 11.1 Å². The lowest BCUT2D eigenvalue weighted by Gasteiger charge is -2.42. The molecule has 0 bridgehead atoms. The van der Waals surface area contributed by atoms with Crippen molar-refractivity contribution in [1.29, 1.82) is 0 Å². The number of likely N-dealkylation sites (tertiary alicyclic amines) is 1. The zero-order valence-electron chi connectivity index (χ0n) is 17.9. The Balaban J connectivity index is 1.79. The molecule has 2 atom stereocenters. The van der Waals surface area contributed by atoms with Crippen LogP contribution in [0.2, 0.25) is 5.02 Å². The van der Waals surface area contributed by atoms with Crippen LogP contribution >= 0.6 is 11.6 Å². The van der Waals surface area contributed by atoms with E-state index < -0.39 is 5.97 Å². The lowest BCUT2D eigenvalue weighted by atomic mass is 9.93. The molecule has 1 aliphatic rings. The van der Waals surface area contributed by atoms with Crippen molar-refractivity contribution in [3.05, 3.63) is 76.3 Å². The van der Waals surface area contributed by atoms with Gasteiger partial charge >= 0.3 is 5.97 Å². The summed E-state index contributed by atoms with van der Waals surface area (Å²) in [5, 5.41) is 13.6. The van der Waals surface area contributed by atoms with Crippen molar-refractivity contribution in [3.63, 3.8) is 0 Å². The number of hydrogen-bond donors (Lipinski definition) is 2. The number of aliphatic carboxylic acids is 1. The average molecular weight is 427 g/mol. The van der Waals surface area contributed by atoms with E-state index in [1.54, 1.807) is 0 Å². The molecule has 1 aliphatic heterocycles. The van der Waals surface area contributed by atoms with Gasteiger partial charge in [-0.2, -0.15) is 0 Å². The standard InChI is InChI=1S/C25H31ClN2O2/c1-4-6-10-23(18-11-12-22(26)17(3)13-18)27-21-9-7-8-19(14-21)24(5-2)28-15-20(16-28)25(29)30/h6-14,20,23-24,27H,4-5,15-16H2,1-3H3,(H,29,30). The van der Waals surface area contributed by atoms with Crippen LogP contribution in [-0.2, 0) is 4.79 Å². The predicted molar refractivity (Wildman–Crippen MR) is 124 cm³/mol. The number of allylic oxidation sites excluding steroid dienone is 1. The molecule has 4 nitrogen and oxygen atoms in total. The van der Waals surface area contributed by atoms with E-state index in [1.807, 2.05) is 13.0 Å². The number of rotatable bonds is 9. The first-order valence-corrected chi connectivity index (χ1v) is 11.1. The van der Waals surface area contributed by atoms with E-state index in [-0.39, 0.29) is 18.0 Å². The van der Waals surface area contributed by atoms with Crippen molar-refractivity contribution in [1.82, 2.24) is 4.90 Å². The van der Waals surface area contributed by atoms with Crippen LogP contribution in [0.3, 0.4) is 0 Å². The van der Waals surface area contributed by atoms with Gasteiger partial charge in [-0.05, 0) is 54.7 Å². The molecule has 0 amide bonds. The number of nitrogens with zero attached hydrogens (tertiary/aromatic N) is 1. The van der Waals surface area contributed by atoms with Crippen LogP contribution in [0, 0.1) is 12.8 Å². The number of aryl methyl sites for hydroxylation is 1. The Kier molecular flexibility index (Phi) is 7.57. The number of anilines is 1. The molecule has 5 heteroatoms. The van der Waals surface area contributed by atoms with Crippen molar-refractivity contribution in [2.75, 3.05) is 18.4 Å². The zero-order chi connectivity index (χ0) is 21.7. The molecule has 30 heavy (non-hydrogen) atoms.